The predicted molar refractivity (Wildman–Crippen MR) is 110 cm³/mol. The van der Waals surface area contributed by atoms with Gasteiger partial charge in [0.15, 0.2) is 11.5 Å². The van der Waals surface area contributed by atoms with E-state index in [-0.39, 0.29) is 6.04 Å². The molecule has 1 aliphatic rings. The van der Waals surface area contributed by atoms with Crippen molar-refractivity contribution in [2.45, 2.75) is 32.2 Å². The summed E-state index contributed by atoms with van der Waals surface area (Å²) in [5.74, 6) is 1.70. The molecule has 1 aliphatic heterocycles. The van der Waals surface area contributed by atoms with Gasteiger partial charge in [-0.15, -0.1) is 0 Å². The molecule has 0 saturated heterocycles. The summed E-state index contributed by atoms with van der Waals surface area (Å²) < 4.78 is 11.9. The third-order valence-electron chi connectivity index (χ3n) is 5.25. The maximum atomic E-state index is 9.10. The number of fused-ring (bicyclic) bond motifs is 2. The van der Waals surface area contributed by atoms with Gasteiger partial charge in [-0.25, -0.2) is 0 Å². The summed E-state index contributed by atoms with van der Waals surface area (Å²) in [6.45, 7) is 4.21. The number of unbranched alkanes of at least 4 members (excludes halogenated alkanes) is 1. The second-order valence-electron chi connectivity index (χ2n) is 7.32. The number of hydrogen-bond acceptors (Lipinski definition) is 4. The molecule has 2 aromatic carbocycles. The number of aromatic amines is 1. The Morgan fingerprint density at radius 3 is 2.96 bits per heavy atom. The van der Waals surface area contributed by atoms with Crippen molar-refractivity contribution in [1.82, 2.24) is 10.3 Å². The summed E-state index contributed by atoms with van der Waals surface area (Å²) in [4.78, 5) is 3.29. The van der Waals surface area contributed by atoms with Crippen LogP contribution in [0, 0.1) is 18.3 Å². The SMILES string of the molecule is Cc1cccc2c1OCC(NCCCCc1c[nH]c3ccc(C#N)cc13)CO2. The number of aryl methyl sites for hydroxylation is 2. The highest BCUT2D eigenvalue weighted by atomic mass is 16.5. The number of H-pyrrole nitrogens is 1. The number of para-hydroxylation sites is 1. The summed E-state index contributed by atoms with van der Waals surface area (Å²) in [5, 5.41) is 13.8. The lowest BCUT2D eigenvalue weighted by atomic mass is 10.1. The summed E-state index contributed by atoms with van der Waals surface area (Å²) >= 11 is 0. The molecule has 4 rings (SSSR count). The first-order chi connectivity index (χ1) is 13.7. The zero-order valence-electron chi connectivity index (χ0n) is 16.1. The van der Waals surface area contributed by atoms with Crippen molar-refractivity contribution in [2.75, 3.05) is 19.8 Å². The quantitative estimate of drug-likeness (QED) is 0.637. The van der Waals surface area contributed by atoms with E-state index >= 15 is 0 Å². The normalized spacial score (nSPS) is 15.9. The molecule has 0 spiro atoms. The number of nitrogens with zero attached hydrogens (tertiary/aromatic N) is 1. The van der Waals surface area contributed by atoms with Crippen LogP contribution in [0.2, 0.25) is 0 Å². The topological polar surface area (TPSA) is 70.1 Å². The second-order valence-corrected chi connectivity index (χ2v) is 7.32. The Balaban J connectivity index is 1.24. The molecule has 0 saturated carbocycles. The first-order valence-electron chi connectivity index (χ1n) is 9.83. The van der Waals surface area contributed by atoms with Crippen molar-refractivity contribution in [1.29, 1.82) is 5.26 Å². The third-order valence-corrected chi connectivity index (χ3v) is 5.25. The van der Waals surface area contributed by atoms with Crippen molar-refractivity contribution in [3.8, 4) is 17.6 Å². The number of aromatic nitrogens is 1. The van der Waals surface area contributed by atoms with Gasteiger partial charge in [-0.3, -0.25) is 0 Å². The van der Waals surface area contributed by atoms with Crippen LogP contribution in [0.5, 0.6) is 11.5 Å². The maximum Gasteiger partial charge on any atom is 0.164 e. The monoisotopic (exact) mass is 375 g/mol. The van der Waals surface area contributed by atoms with Gasteiger partial charge in [-0.2, -0.15) is 5.26 Å². The first kappa shape index (κ1) is 18.4. The van der Waals surface area contributed by atoms with Gasteiger partial charge in [-0.1, -0.05) is 12.1 Å². The molecule has 2 N–H and O–H groups in total. The van der Waals surface area contributed by atoms with Crippen molar-refractivity contribution in [2.24, 2.45) is 0 Å². The van der Waals surface area contributed by atoms with E-state index in [0.29, 0.717) is 18.8 Å². The largest absolute Gasteiger partial charge is 0.488 e. The third kappa shape index (κ3) is 3.97. The van der Waals surface area contributed by atoms with E-state index in [9.17, 15) is 0 Å². The van der Waals surface area contributed by atoms with Gasteiger partial charge >= 0.3 is 0 Å². The van der Waals surface area contributed by atoms with Crippen LogP contribution < -0.4 is 14.8 Å². The van der Waals surface area contributed by atoms with E-state index in [1.54, 1.807) is 0 Å². The highest BCUT2D eigenvalue weighted by molar-refractivity contribution is 5.84. The molecule has 0 aliphatic carbocycles. The molecule has 1 atom stereocenters. The smallest absolute Gasteiger partial charge is 0.164 e. The van der Waals surface area contributed by atoms with Crippen molar-refractivity contribution < 1.29 is 9.47 Å². The highest BCUT2D eigenvalue weighted by Gasteiger charge is 2.18. The predicted octanol–water partition coefficient (Wildman–Crippen LogP) is 4.10. The molecular formula is C23H25N3O2. The van der Waals surface area contributed by atoms with Crippen LogP contribution in [0.3, 0.4) is 0 Å². The fourth-order valence-electron chi connectivity index (χ4n) is 3.67. The van der Waals surface area contributed by atoms with E-state index in [2.05, 4.69) is 22.6 Å². The Morgan fingerprint density at radius 2 is 2.07 bits per heavy atom. The Bertz CT molecular complexity index is 1000. The zero-order valence-corrected chi connectivity index (χ0v) is 16.1. The molecule has 2 heterocycles. The maximum absolute atomic E-state index is 9.10. The lowest BCUT2D eigenvalue weighted by Gasteiger charge is -2.15. The van der Waals surface area contributed by atoms with Gasteiger partial charge in [0.2, 0.25) is 0 Å². The van der Waals surface area contributed by atoms with Gasteiger partial charge in [0, 0.05) is 17.1 Å². The van der Waals surface area contributed by atoms with Crippen LogP contribution in [0.1, 0.15) is 29.5 Å². The highest BCUT2D eigenvalue weighted by Crippen LogP contribution is 2.32. The molecule has 0 fully saturated rings. The number of nitrogens with one attached hydrogen (secondary N) is 2. The van der Waals surface area contributed by atoms with Gasteiger partial charge in [-0.05, 0) is 68.1 Å². The van der Waals surface area contributed by atoms with Crippen LogP contribution >= 0.6 is 0 Å². The zero-order chi connectivity index (χ0) is 19.3. The van der Waals surface area contributed by atoms with Crippen LogP contribution in [0.15, 0.2) is 42.6 Å². The second kappa shape index (κ2) is 8.37. The lowest BCUT2D eigenvalue weighted by Crippen LogP contribution is -2.39. The average Bonchev–Trinajstić information content (AvgIpc) is 2.99. The molecule has 1 unspecified atom stereocenters. The van der Waals surface area contributed by atoms with Gasteiger partial charge < -0.3 is 19.8 Å². The Labute approximate surface area is 165 Å². The van der Waals surface area contributed by atoms with Crippen LogP contribution in [0.25, 0.3) is 10.9 Å². The fourth-order valence-corrected chi connectivity index (χ4v) is 3.67. The number of rotatable bonds is 6. The summed E-state index contributed by atoms with van der Waals surface area (Å²) in [7, 11) is 0. The van der Waals surface area contributed by atoms with Crippen LogP contribution in [-0.4, -0.2) is 30.8 Å². The summed E-state index contributed by atoms with van der Waals surface area (Å²) in [6, 6.07) is 14.2. The summed E-state index contributed by atoms with van der Waals surface area (Å²) in [5.41, 5.74) is 4.19. The molecule has 144 valence electrons. The van der Waals surface area contributed by atoms with E-state index in [1.165, 1.54) is 5.56 Å². The molecule has 3 aromatic rings. The van der Waals surface area contributed by atoms with Crippen molar-refractivity contribution in [3.05, 3.63) is 59.3 Å². The van der Waals surface area contributed by atoms with Crippen molar-refractivity contribution >= 4 is 10.9 Å². The number of benzene rings is 2. The number of hydrogen-bond donors (Lipinski definition) is 2. The van der Waals surface area contributed by atoms with Crippen LogP contribution in [-0.2, 0) is 6.42 Å². The lowest BCUT2D eigenvalue weighted by molar-refractivity contribution is 0.234. The van der Waals surface area contributed by atoms with Crippen molar-refractivity contribution in [3.63, 3.8) is 0 Å². The number of ether oxygens (including phenoxy) is 2. The average molecular weight is 375 g/mol. The Hall–Kier alpha value is -2.97. The van der Waals surface area contributed by atoms with Crippen LogP contribution in [0.4, 0.5) is 0 Å². The molecule has 0 amide bonds. The van der Waals surface area contributed by atoms with E-state index in [4.69, 9.17) is 14.7 Å². The van der Waals surface area contributed by atoms with E-state index in [0.717, 1.165) is 53.8 Å². The molecule has 0 bridgehead atoms. The van der Waals surface area contributed by atoms with E-state index < -0.39 is 0 Å². The van der Waals surface area contributed by atoms with E-state index in [1.807, 2.05) is 43.3 Å². The number of nitriles is 1. The minimum Gasteiger partial charge on any atom is -0.488 e. The summed E-state index contributed by atoms with van der Waals surface area (Å²) in [6.07, 6.45) is 5.22. The standard InChI is InChI=1S/C23H25N3O2/c1-16-5-4-7-22-23(16)28-15-19(14-27-22)25-10-3-2-6-18-13-26-21-9-8-17(12-24)11-20(18)21/h4-5,7-9,11,13,19,25-26H,2-3,6,10,14-15H2,1H3. The molecule has 5 nitrogen and oxygen atoms in total. The molecule has 28 heavy (non-hydrogen) atoms. The fraction of sp³-hybridized carbons (Fsp3) is 0.348. The minimum absolute atomic E-state index is 0.193. The van der Waals surface area contributed by atoms with Gasteiger partial charge in [0.1, 0.15) is 13.2 Å². The first-order valence-corrected chi connectivity index (χ1v) is 9.83. The molecular weight excluding hydrogens is 350 g/mol. The molecule has 0 radical (unpaired) electrons. The Morgan fingerprint density at radius 1 is 1.18 bits per heavy atom. The minimum atomic E-state index is 0.193. The Kier molecular flexibility index (Phi) is 5.50. The van der Waals surface area contributed by atoms with Gasteiger partial charge in [0.25, 0.3) is 0 Å². The molecule has 1 aromatic heterocycles. The van der Waals surface area contributed by atoms with Gasteiger partial charge in [0.05, 0.1) is 17.7 Å². The molecule has 5 heteroatoms.